The van der Waals surface area contributed by atoms with Gasteiger partial charge in [-0.15, -0.1) is 5.10 Å². The molecule has 1 aromatic rings. The predicted molar refractivity (Wildman–Crippen MR) is 60.5 cm³/mol. The number of carbonyl (C=O) groups is 1. The highest BCUT2D eigenvalue weighted by Gasteiger charge is 2.40. The standard InChI is InChI=1S/C11H16F2N4O2/c12-8(13)9-14-15-16-17(9)7-11(10(18)19)5-3-1-2-4-6-11/h8H,1-7H2,(H,18,19). The molecule has 0 spiro atoms. The average Bonchev–Trinajstić information content (AvgIpc) is 2.67. The molecule has 19 heavy (non-hydrogen) atoms. The minimum absolute atomic E-state index is 0.0883. The van der Waals surface area contributed by atoms with Crippen molar-refractivity contribution >= 4 is 5.97 Å². The van der Waals surface area contributed by atoms with E-state index in [0.717, 1.165) is 30.4 Å². The van der Waals surface area contributed by atoms with Crippen LogP contribution >= 0.6 is 0 Å². The molecule has 0 bridgehead atoms. The number of hydrogen-bond donors (Lipinski definition) is 1. The Morgan fingerprint density at radius 3 is 2.47 bits per heavy atom. The third-order valence-electron chi connectivity index (χ3n) is 3.72. The molecule has 0 radical (unpaired) electrons. The molecular weight excluding hydrogens is 258 g/mol. The largest absolute Gasteiger partial charge is 0.481 e. The summed E-state index contributed by atoms with van der Waals surface area (Å²) >= 11 is 0. The normalized spacial score (nSPS) is 19.3. The average molecular weight is 274 g/mol. The molecular formula is C11H16F2N4O2. The Balaban J connectivity index is 2.25. The van der Waals surface area contributed by atoms with E-state index in [4.69, 9.17) is 0 Å². The zero-order valence-electron chi connectivity index (χ0n) is 10.4. The highest BCUT2D eigenvalue weighted by atomic mass is 19.3. The van der Waals surface area contributed by atoms with E-state index >= 15 is 0 Å². The van der Waals surface area contributed by atoms with Crippen molar-refractivity contribution in [2.75, 3.05) is 0 Å². The number of alkyl halides is 2. The van der Waals surface area contributed by atoms with Crippen molar-refractivity contribution in [3.8, 4) is 0 Å². The first-order valence-electron chi connectivity index (χ1n) is 6.33. The Kier molecular flexibility index (Phi) is 4.06. The Morgan fingerprint density at radius 1 is 1.32 bits per heavy atom. The zero-order chi connectivity index (χ0) is 13.9. The topological polar surface area (TPSA) is 80.9 Å². The van der Waals surface area contributed by atoms with Crippen LogP contribution in [0.5, 0.6) is 0 Å². The van der Waals surface area contributed by atoms with Gasteiger partial charge < -0.3 is 5.11 Å². The number of carboxylic acid groups (broad SMARTS) is 1. The van der Waals surface area contributed by atoms with Gasteiger partial charge in [-0.1, -0.05) is 25.7 Å². The van der Waals surface area contributed by atoms with Gasteiger partial charge in [-0.05, 0) is 23.3 Å². The first-order valence-corrected chi connectivity index (χ1v) is 6.33. The van der Waals surface area contributed by atoms with Gasteiger partial charge in [0.15, 0.2) is 0 Å². The van der Waals surface area contributed by atoms with Crippen LogP contribution < -0.4 is 0 Å². The van der Waals surface area contributed by atoms with Crippen LogP contribution in [0.25, 0.3) is 0 Å². The van der Waals surface area contributed by atoms with Crippen LogP contribution in [-0.4, -0.2) is 31.3 Å². The number of carboxylic acids is 1. The van der Waals surface area contributed by atoms with Gasteiger partial charge in [0.1, 0.15) is 0 Å². The fourth-order valence-electron chi connectivity index (χ4n) is 2.61. The third kappa shape index (κ3) is 2.87. The van der Waals surface area contributed by atoms with Crippen LogP contribution in [0.1, 0.15) is 50.8 Å². The summed E-state index contributed by atoms with van der Waals surface area (Å²) < 4.78 is 26.4. The second-order valence-electron chi connectivity index (χ2n) is 5.00. The molecule has 1 aliphatic rings. The Bertz CT molecular complexity index is 442. The number of aromatic nitrogens is 4. The fraction of sp³-hybridized carbons (Fsp3) is 0.818. The highest BCUT2D eigenvalue weighted by molar-refractivity contribution is 5.74. The van der Waals surface area contributed by atoms with E-state index in [0.29, 0.717) is 12.8 Å². The number of hydrogen-bond acceptors (Lipinski definition) is 4. The summed E-state index contributed by atoms with van der Waals surface area (Å²) in [6.45, 7) is -0.0883. The van der Waals surface area contributed by atoms with Crippen LogP contribution in [-0.2, 0) is 11.3 Å². The minimum atomic E-state index is -2.80. The Morgan fingerprint density at radius 2 is 1.95 bits per heavy atom. The number of halogens is 2. The fourth-order valence-corrected chi connectivity index (χ4v) is 2.61. The number of tetrazole rings is 1. The third-order valence-corrected chi connectivity index (χ3v) is 3.72. The van der Waals surface area contributed by atoms with Crippen LogP contribution in [0.2, 0.25) is 0 Å². The summed E-state index contributed by atoms with van der Waals surface area (Å²) in [7, 11) is 0. The molecule has 1 N–H and O–H groups in total. The Hall–Kier alpha value is -1.60. The maximum Gasteiger partial charge on any atom is 0.311 e. The van der Waals surface area contributed by atoms with E-state index in [1.807, 2.05) is 0 Å². The second kappa shape index (κ2) is 5.58. The van der Waals surface area contributed by atoms with Gasteiger partial charge in [0, 0.05) is 0 Å². The van der Waals surface area contributed by atoms with E-state index in [1.165, 1.54) is 0 Å². The van der Waals surface area contributed by atoms with Gasteiger partial charge >= 0.3 is 5.97 Å². The molecule has 0 aliphatic heterocycles. The smallest absolute Gasteiger partial charge is 0.311 e. The molecule has 0 unspecified atom stereocenters. The number of aliphatic carboxylic acids is 1. The molecule has 0 amide bonds. The second-order valence-corrected chi connectivity index (χ2v) is 5.00. The van der Waals surface area contributed by atoms with Gasteiger partial charge in [0.05, 0.1) is 12.0 Å². The Labute approximate surface area is 108 Å². The first-order chi connectivity index (χ1) is 9.05. The summed E-state index contributed by atoms with van der Waals surface area (Å²) in [5.74, 6) is -1.52. The summed E-state index contributed by atoms with van der Waals surface area (Å²) in [6.07, 6.45) is 1.69. The lowest BCUT2D eigenvalue weighted by Gasteiger charge is -2.27. The van der Waals surface area contributed by atoms with Crippen molar-refractivity contribution in [2.24, 2.45) is 5.41 Å². The van der Waals surface area contributed by atoms with Crippen molar-refractivity contribution in [1.29, 1.82) is 0 Å². The number of nitrogens with zero attached hydrogens (tertiary/aromatic N) is 4. The lowest BCUT2D eigenvalue weighted by atomic mass is 9.80. The van der Waals surface area contributed by atoms with Crippen LogP contribution in [0, 0.1) is 5.41 Å². The van der Waals surface area contributed by atoms with Crippen molar-refractivity contribution in [2.45, 2.75) is 51.5 Å². The van der Waals surface area contributed by atoms with Gasteiger partial charge in [0.2, 0.25) is 5.82 Å². The molecule has 1 aliphatic carbocycles. The summed E-state index contributed by atoms with van der Waals surface area (Å²) in [5.41, 5.74) is -1.03. The predicted octanol–water partition coefficient (Wildman–Crippen LogP) is 2.04. The molecule has 6 nitrogen and oxygen atoms in total. The first kappa shape index (κ1) is 13.8. The van der Waals surface area contributed by atoms with Crippen molar-refractivity contribution in [1.82, 2.24) is 20.2 Å². The summed E-state index contributed by atoms with van der Waals surface area (Å²) in [5, 5.41) is 19.4. The minimum Gasteiger partial charge on any atom is -0.481 e. The van der Waals surface area contributed by atoms with Gasteiger partial charge in [0.25, 0.3) is 6.43 Å². The van der Waals surface area contributed by atoms with Crippen LogP contribution in [0.3, 0.4) is 0 Å². The molecule has 8 heteroatoms. The van der Waals surface area contributed by atoms with Gasteiger partial charge in [-0.25, -0.2) is 13.5 Å². The maximum absolute atomic E-state index is 12.7. The summed E-state index contributed by atoms with van der Waals surface area (Å²) in [4.78, 5) is 11.6. The number of rotatable bonds is 4. The van der Waals surface area contributed by atoms with Crippen molar-refractivity contribution in [3.05, 3.63) is 5.82 Å². The SMILES string of the molecule is O=C(O)C1(Cn2nnnc2C(F)F)CCCCCC1. The molecule has 0 atom stereocenters. The lowest BCUT2D eigenvalue weighted by molar-refractivity contribution is -0.151. The lowest BCUT2D eigenvalue weighted by Crippen LogP contribution is -2.36. The molecule has 2 rings (SSSR count). The molecule has 1 saturated carbocycles. The van der Waals surface area contributed by atoms with Gasteiger partial charge in [-0.3, -0.25) is 4.79 Å². The summed E-state index contributed by atoms with van der Waals surface area (Å²) in [6, 6.07) is 0. The van der Waals surface area contributed by atoms with E-state index < -0.39 is 23.6 Å². The molecule has 0 saturated heterocycles. The quantitative estimate of drug-likeness (QED) is 0.850. The molecule has 1 heterocycles. The van der Waals surface area contributed by atoms with Crippen molar-refractivity contribution < 1.29 is 18.7 Å². The molecule has 1 fully saturated rings. The van der Waals surface area contributed by atoms with E-state index in [9.17, 15) is 18.7 Å². The van der Waals surface area contributed by atoms with Crippen LogP contribution in [0.15, 0.2) is 0 Å². The van der Waals surface area contributed by atoms with E-state index in [2.05, 4.69) is 15.5 Å². The van der Waals surface area contributed by atoms with Gasteiger partial charge in [-0.2, -0.15) is 0 Å². The molecule has 106 valence electrons. The van der Waals surface area contributed by atoms with E-state index in [-0.39, 0.29) is 6.54 Å². The highest BCUT2D eigenvalue weighted by Crippen LogP contribution is 2.37. The molecule has 0 aromatic carbocycles. The van der Waals surface area contributed by atoms with E-state index in [1.54, 1.807) is 0 Å². The van der Waals surface area contributed by atoms with Crippen LogP contribution in [0.4, 0.5) is 8.78 Å². The monoisotopic (exact) mass is 274 g/mol. The maximum atomic E-state index is 12.7. The molecule has 1 aromatic heterocycles. The zero-order valence-corrected chi connectivity index (χ0v) is 10.4. The van der Waals surface area contributed by atoms with Crippen molar-refractivity contribution in [3.63, 3.8) is 0 Å².